The standard InChI is InChI=1S/C48H32N2/c1-3-13-33(14-4-1)34-15-11-16-35(29-34)36-17-12-20-40(30-36)50-46-24-10-8-22-42(46)44-32-38(26-28-48(44)50)37-25-27-47-43(31-37)41-21-7-9-23-45(41)49(47)39-18-5-2-6-19-39/h1-32H. The van der Waals surface area contributed by atoms with E-state index >= 15 is 0 Å². The summed E-state index contributed by atoms with van der Waals surface area (Å²) in [7, 11) is 0. The molecule has 0 amide bonds. The summed E-state index contributed by atoms with van der Waals surface area (Å²) in [6, 6.07) is 70.4. The van der Waals surface area contributed by atoms with Crippen LogP contribution in [0.15, 0.2) is 194 Å². The third kappa shape index (κ3) is 4.57. The second-order valence-electron chi connectivity index (χ2n) is 13.0. The highest BCUT2D eigenvalue weighted by molar-refractivity contribution is 6.12. The molecule has 10 rings (SSSR count). The van der Waals surface area contributed by atoms with Crippen molar-refractivity contribution in [3.63, 3.8) is 0 Å². The number of aromatic nitrogens is 2. The minimum absolute atomic E-state index is 1.15. The molecule has 0 fully saturated rings. The normalized spacial score (nSPS) is 11.6. The lowest BCUT2D eigenvalue weighted by Gasteiger charge is -2.12. The van der Waals surface area contributed by atoms with E-state index in [0.717, 1.165) is 5.69 Å². The molecule has 50 heavy (non-hydrogen) atoms. The third-order valence-corrected chi connectivity index (χ3v) is 10.1. The average Bonchev–Trinajstić information content (AvgIpc) is 3.71. The zero-order valence-corrected chi connectivity index (χ0v) is 27.4. The molecule has 0 radical (unpaired) electrons. The molecule has 2 heterocycles. The van der Waals surface area contributed by atoms with Gasteiger partial charge in [0, 0.05) is 32.9 Å². The first-order valence-corrected chi connectivity index (χ1v) is 17.2. The Labute approximate surface area is 290 Å². The summed E-state index contributed by atoms with van der Waals surface area (Å²) in [5.41, 5.74) is 14.5. The topological polar surface area (TPSA) is 9.86 Å². The molecule has 0 saturated carbocycles. The van der Waals surface area contributed by atoms with Crippen molar-refractivity contribution in [3.8, 4) is 44.8 Å². The van der Waals surface area contributed by atoms with Gasteiger partial charge in [-0.25, -0.2) is 0 Å². The van der Waals surface area contributed by atoms with Gasteiger partial charge in [0.2, 0.25) is 0 Å². The van der Waals surface area contributed by atoms with Crippen molar-refractivity contribution < 1.29 is 0 Å². The van der Waals surface area contributed by atoms with Crippen LogP contribution in [0, 0.1) is 0 Å². The van der Waals surface area contributed by atoms with Gasteiger partial charge in [-0.1, -0.05) is 127 Å². The lowest BCUT2D eigenvalue weighted by atomic mass is 9.99. The van der Waals surface area contributed by atoms with Crippen LogP contribution in [-0.4, -0.2) is 9.13 Å². The Kier molecular flexibility index (Phi) is 6.53. The van der Waals surface area contributed by atoms with Crippen LogP contribution >= 0.6 is 0 Å². The molecule has 0 N–H and O–H groups in total. The van der Waals surface area contributed by atoms with Crippen LogP contribution in [0.3, 0.4) is 0 Å². The summed E-state index contributed by atoms with van der Waals surface area (Å²) in [6.45, 7) is 0. The van der Waals surface area contributed by atoms with Crippen molar-refractivity contribution in [2.75, 3.05) is 0 Å². The lowest BCUT2D eigenvalue weighted by Crippen LogP contribution is -1.94. The molecular weight excluding hydrogens is 605 g/mol. The second kappa shape index (κ2) is 11.5. The van der Waals surface area contributed by atoms with Crippen LogP contribution in [0.4, 0.5) is 0 Å². The Morgan fingerprint density at radius 2 is 0.620 bits per heavy atom. The van der Waals surface area contributed by atoms with Crippen LogP contribution in [0.5, 0.6) is 0 Å². The second-order valence-corrected chi connectivity index (χ2v) is 13.0. The van der Waals surface area contributed by atoms with Gasteiger partial charge in [0.1, 0.15) is 0 Å². The third-order valence-electron chi connectivity index (χ3n) is 10.1. The molecule has 0 spiro atoms. The number of hydrogen-bond donors (Lipinski definition) is 0. The molecule has 2 heteroatoms. The fraction of sp³-hybridized carbons (Fsp3) is 0. The minimum Gasteiger partial charge on any atom is -0.309 e. The van der Waals surface area contributed by atoms with Crippen molar-refractivity contribution in [1.82, 2.24) is 9.13 Å². The first-order chi connectivity index (χ1) is 24.8. The van der Waals surface area contributed by atoms with Crippen LogP contribution < -0.4 is 0 Å². The van der Waals surface area contributed by atoms with Gasteiger partial charge in [-0.3, -0.25) is 0 Å². The summed E-state index contributed by atoms with van der Waals surface area (Å²) in [4.78, 5) is 0. The van der Waals surface area contributed by atoms with Crippen LogP contribution in [0.25, 0.3) is 88.4 Å². The van der Waals surface area contributed by atoms with Crippen molar-refractivity contribution in [3.05, 3.63) is 194 Å². The summed E-state index contributed by atoms with van der Waals surface area (Å²) in [6.07, 6.45) is 0. The predicted molar refractivity (Wildman–Crippen MR) is 211 cm³/mol. The van der Waals surface area contributed by atoms with E-state index in [1.54, 1.807) is 0 Å². The van der Waals surface area contributed by atoms with E-state index in [9.17, 15) is 0 Å². The highest BCUT2D eigenvalue weighted by Gasteiger charge is 2.16. The van der Waals surface area contributed by atoms with E-state index in [-0.39, 0.29) is 0 Å². The Hall–Kier alpha value is -6.64. The molecule has 0 bridgehead atoms. The first kappa shape index (κ1) is 28.4. The monoisotopic (exact) mass is 636 g/mol. The predicted octanol–water partition coefficient (Wildman–Crippen LogP) is 12.9. The van der Waals surface area contributed by atoms with Crippen molar-refractivity contribution in [2.45, 2.75) is 0 Å². The van der Waals surface area contributed by atoms with E-state index in [1.165, 1.54) is 82.7 Å². The largest absolute Gasteiger partial charge is 0.309 e. The van der Waals surface area contributed by atoms with Gasteiger partial charge >= 0.3 is 0 Å². The number of rotatable bonds is 5. The zero-order chi connectivity index (χ0) is 33.0. The quantitative estimate of drug-likeness (QED) is 0.178. The maximum absolute atomic E-state index is 2.41. The fourth-order valence-electron chi connectivity index (χ4n) is 7.77. The maximum Gasteiger partial charge on any atom is 0.0541 e. The van der Waals surface area contributed by atoms with E-state index in [2.05, 4.69) is 203 Å². The van der Waals surface area contributed by atoms with Crippen LogP contribution in [-0.2, 0) is 0 Å². The molecule has 0 unspecified atom stereocenters. The molecule has 2 nitrogen and oxygen atoms in total. The van der Waals surface area contributed by atoms with Crippen LogP contribution in [0.1, 0.15) is 0 Å². The molecule has 0 aliphatic rings. The van der Waals surface area contributed by atoms with Crippen molar-refractivity contribution in [2.24, 2.45) is 0 Å². The minimum atomic E-state index is 1.15. The molecular formula is C48H32N2. The van der Waals surface area contributed by atoms with Gasteiger partial charge in [0.15, 0.2) is 0 Å². The Bertz CT molecular complexity index is 2860. The van der Waals surface area contributed by atoms with E-state index in [1.807, 2.05) is 0 Å². The Balaban J connectivity index is 1.10. The van der Waals surface area contributed by atoms with E-state index < -0.39 is 0 Å². The lowest BCUT2D eigenvalue weighted by molar-refractivity contribution is 1.18. The Morgan fingerprint density at radius 1 is 0.220 bits per heavy atom. The summed E-state index contributed by atoms with van der Waals surface area (Å²) < 4.78 is 4.78. The van der Waals surface area contributed by atoms with Gasteiger partial charge in [0.25, 0.3) is 0 Å². The number of para-hydroxylation sites is 3. The molecule has 10 aromatic rings. The van der Waals surface area contributed by atoms with Gasteiger partial charge in [-0.05, 0) is 100 Å². The molecule has 0 aliphatic heterocycles. The maximum atomic E-state index is 2.41. The van der Waals surface area contributed by atoms with Gasteiger partial charge in [-0.2, -0.15) is 0 Å². The molecule has 8 aromatic carbocycles. The smallest absolute Gasteiger partial charge is 0.0541 e. The summed E-state index contributed by atoms with van der Waals surface area (Å²) >= 11 is 0. The number of fused-ring (bicyclic) bond motifs is 6. The molecule has 234 valence electrons. The van der Waals surface area contributed by atoms with Crippen molar-refractivity contribution in [1.29, 1.82) is 0 Å². The van der Waals surface area contributed by atoms with Gasteiger partial charge < -0.3 is 9.13 Å². The average molecular weight is 637 g/mol. The summed E-state index contributed by atoms with van der Waals surface area (Å²) in [5, 5.41) is 5.03. The highest BCUT2D eigenvalue weighted by atomic mass is 15.0. The van der Waals surface area contributed by atoms with E-state index in [0.29, 0.717) is 0 Å². The SMILES string of the molecule is c1ccc(-c2cccc(-c3cccc(-n4c5ccccc5c5cc(-c6ccc7c(c6)c6ccccc6n7-c6ccccc6)ccc54)c3)c2)cc1. The highest BCUT2D eigenvalue weighted by Crippen LogP contribution is 2.39. The Morgan fingerprint density at radius 3 is 1.24 bits per heavy atom. The zero-order valence-electron chi connectivity index (χ0n) is 27.4. The summed E-state index contributed by atoms with van der Waals surface area (Å²) in [5.74, 6) is 0. The van der Waals surface area contributed by atoms with Gasteiger partial charge in [-0.15, -0.1) is 0 Å². The van der Waals surface area contributed by atoms with Crippen LogP contribution in [0.2, 0.25) is 0 Å². The fourth-order valence-corrected chi connectivity index (χ4v) is 7.77. The van der Waals surface area contributed by atoms with E-state index in [4.69, 9.17) is 0 Å². The number of hydrogen-bond acceptors (Lipinski definition) is 0. The molecule has 2 aromatic heterocycles. The molecule has 0 saturated heterocycles. The molecule has 0 atom stereocenters. The van der Waals surface area contributed by atoms with Gasteiger partial charge in [0.05, 0.1) is 22.1 Å². The number of benzene rings is 8. The number of nitrogens with zero attached hydrogens (tertiary/aromatic N) is 2. The first-order valence-electron chi connectivity index (χ1n) is 17.2. The molecule has 0 aliphatic carbocycles. The van der Waals surface area contributed by atoms with Crippen molar-refractivity contribution >= 4 is 43.6 Å².